The first-order valence-electron chi connectivity index (χ1n) is 8.45. The zero-order chi connectivity index (χ0) is 15.4. The monoisotopic (exact) mass is 301 g/mol. The van der Waals surface area contributed by atoms with Gasteiger partial charge >= 0.3 is 0 Å². The summed E-state index contributed by atoms with van der Waals surface area (Å²) in [7, 11) is 0. The molecule has 2 aliphatic carbocycles. The maximum absolute atomic E-state index is 13.1. The molecule has 0 radical (unpaired) electrons. The Morgan fingerprint density at radius 2 is 1.65 bits per heavy atom. The van der Waals surface area contributed by atoms with Crippen molar-refractivity contribution < 1.29 is 4.79 Å². The summed E-state index contributed by atoms with van der Waals surface area (Å²) in [5.74, 6) is 1.79. The van der Waals surface area contributed by atoms with Crippen molar-refractivity contribution in [2.75, 3.05) is 0 Å². The molecule has 2 nitrogen and oxygen atoms in total. The van der Waals surface area contributed by atoms with Crippen molar-refractivity contribution in [3.05, 3.63) is 83.4 Å². The zero-order valence-electron chi connectivity index (χ0n) is 12.9. The Labute approximate surface area is 136 Å². The van der Waals surface area contributed by atoms with Crippen LogP contribution in [0.4, 0.5) is 0 Å². The second-order valence-corrected chi connectivity index (χ2v) is 6.97. The van der Waals surface area contributed by atoms with Crippen LogP contribution in [0, 0.1) is 11.8 Å². The van der Waals surface area contributed by atoms with Crippen LogP contribution in [0.2, 0.25) is 0 Å². The fourth-order valence-electron chi connectivity index (χ4n) is 4.87. The molecule has 4 atom stereocenters. The number of hydrogen-bond acceptors (Lipinski definition) is 1. The second-order valence-electron chi connectivity index (χ2n) is 6.97. The summed E-state index contributed by atoms with van der Waals surface area (Å²) >= 11 is 0. The standard InChI is InChI=1S/C21H19NO/c23-21-18-9-5-4-8-17(18)19-15-10-11-16(12-15)20(19)22(21)13-14-6-2-1-3-7-14/h1-11,15-16,19-20H,12-13H2/t15-,16+,19?,20?/m0/s1. The lowest BCUT2D eigenvalue weighted by Gasteiger charge is -2.43. The highest BCUT2D eigenvalue weighted by atomic mass is 16.2. The molecular weight excluding hydrogens is 282 g/mol. The minimum absolute atomic E-state index is 0.201. The molecule has 114 valence electrons. The number of carbonyl (C=O) groups excluding carboxylic acids is 1. The summed E-state index contributed by atoms with van der Waals surface area (Å²) in [4.78, 5) is 15.3. The average Bonchev–Trinajstić information content (AvgIpc) is 3.21. The molecular formula is C21H19NO. The van der Waals surface area contributed by atoms with Gasteiger partial charge in [-0.2, -0.15) is 0 Å². The molecule has 1 fully saturated rings. The van der Waals surface area contributed by atoms with Crippen molar-refractivity contribution in [3.63, 3.8) is 0 Å². The molecule has 0 N–H and O–H groups in total. The molecule has 23 heavy (non-hydrogen) atoms. The lowest BCUT2D eigenvalue weighted by molar-refractivity contribution is 0.0569. The van der Waals surface area contributed by atoms with Crippen molar-refractivity contribution in [2.24, 2.45) is 11.8 Å². The first-order valence-corrected chi connectivity index (χ1v) is 8.45. The number of carbonyl (C=O) groups is 1. The SMILES string of the molecule is O=C1c2ccccc2C2C([C@@H]3C=C[C@H]2C3)N1Cc1ccccc1. The number of fused-ring (bicyclic) bond motifs is 7. The van der Waals surface area contributed by atoms with Crippen LogP contribution < -0.4 is 0 Å². The molecule has 0 aromatic heterocycles. The van der Waals surface area contributed by atoms with Gasteiger partial charge < -0.3 is 4.90 Å². The van der Waals surface area contributed by atoms with E-state index in [0.717, 1.165) is 5.56 Å². The van der Waals surface area contributed by atoms with Gasteiger partial charge in [0.15, 0.2) is 0 Å². The summed E-state index contributed by atoms with van der Waals surface area (Å²) in [5.41, 5.74) is 3.39. The molecule has 2 heteroatoms. The highest BCUT2D eigenvalue weighted by Gasteiger charge is 2.52. The Morgan fingerprint density at radius 3 is 2.52 bits per heavy atom. The van der Waals surface area contributed by atoms with Gasteiger partial charge in [0, 0.05) is 24.1 Å². The third-order valence-electron chi connectivity index (χ3n) is 5.78. The van der Waals surface area contributed by atoms with E-state index in [1.165, 1.54) is 17.5 Å². The molecule has 1 saturated carbocycles. The Bertz CT molecular complexity index is 794. The predicted octanol–water partition coefficient (Wildman–Crippen LogP) is 4.00. The van der Waals surface area contributed by atoms with Crippen LogP contribution in [-0.2, 0) is 6.54 Å². The van der Waals surface area contributed by atoms with E-state index in [1.807, 2.05) is 18.2 Å². The summed E-state index contributed by atoms with van der Waals surface area (Å²) < 4.78 is 0. The molecule has 1 heterocycles. The van der Waals surface area contributed by atoms with Gasteiger partial charge in [-0.15, -0.1) is 0 Å². The molecule has 1 amide bonds. The highest BCUT2D eigenvalue weighted by Crippen LogP contribution is 2.54. The van der Waals surface area contributed by atoms with Crippen molar-refractivity contribution in [2.45, 2.75) is 24.9 Å². The van der Waals surface area contributed by atoms with Gasteiger partial charge in [0.2, 0.25) is 0 Å². The van der Waals surface area contributed by atoms with E-state index < -0.39 is 0 Å². The van der Waals surface area contributed by atoms with Crippen LogP contribution >= 0.6 is 0 Å². The molecule has 0 saturated heterocycles. The van der Waals surface area contributed by atoms with Crippen molar-refractivity contribution >= 4 is 5.91 Å². The first-order chi connectivity index (χ1) is 11.3. The second kappa shape index (κ2) is 4.82. The number of benzene rings is 2. The van der Waals surface area contributed by atoms with Crippen molar-refractivity contribution in [3.8, 4) is 0 Å². The normalized spacial score (nSPS) is 30.4. The van der Waals surface area contributed by atoms with Gasteiger partial charge in [-0.25, -0.2) is 0 Å². The minimum Gasteiger partial charge on any atom is -0.330 e. The summed E-state index contributed by atoms with van der Waals surface area (Å²) in [6.07, 6.45) is 5.91. The van der Waals surface area contributed by atoms with Gasteiger partial charge in [0.25, 0.3) is 5.91 Å². The van der Waals surface area contributed by atoms with E-state index in [9.17, 15) is 4.79 Å². The Balaban J connectivity index is 1.61. The van der Waals surface area contributed by atoms with Crippen molar-refractivity contribution in [1.29, 1.82) is 0 Å². The first kappa shape index (κ1) is 13.1. The molecule has 2 bridgehead atoms. The quantitative estimate of drug-likeness (QED) is 0.768. The molecule has 1 aliphatic heterocycles. The molecule has 2 aromatic carbocycles. The maximum Gasteiger partial charge on any atom is 0.254 e. The average molecular weight is 301 g/mol. The van der Waals surface area contributed by atoms with E-state index in [1.54, 1.807) is 0 Å². The summed E-state index contributed by atoms with van der Waals surface area (Å²) in [6.45, 7) is 0.715. The zero-order valence-corrected chi connectivity index (χ0v) is 12.9. The van der Waals surface area contributed by atoms with E-state index >= 15 is 0 Å². The van der Waals surface area contributed by atoms with Gasteiger partial charge in [-0.1, -0.05) is 60.7 Å². The summed E-state index contributed by atoms with van der Waals surface area (Å²) in [5, 5.41) is 0. The van der Waals surface area contributed by atoms with Crippen LogP contribution in [0.25, 0.3) is 0 Å². The lowest BCUT2D eigenvalue weighted by atomic mass is 9.77. The van der Waals surface area contributed by atoms with Gasteiger partial charge in [0.05, 0.1) is 0 Å². The lowest BCUT2D eigenvalue weighted by Crippen LogP contribution is -2.49. The van der Waals surface area contributed by atoms with E-state index in [2.05, 4.69) is 53.5 Å². The highest BCUT2D eigenvalue weighted by molar-refractivity contribution is 5.97. The van der Waals surface area contributed by atoms with Crippen LogP contribution in [0.3, 0.4) is 0 Å². The number of allylic oxidation sites excluding steroid dienone is 1. The van der Waals surface area contributed by atoms with E-state index in [0.29, 0.717) is 30.3 Å². The fraction of sp³-hybridized carbons (Fsp3) is 0.286. The number of rotatable bonds is 2. The number of amides is 1. The maximum atomic E-state index is 13.1. The smallest absolute Gasteiger partial charge is 0.254 e. The predicted molar refractivity (Wildman–Crippen MR) is 90.0 cm³/mol. The minimum atomic E-state index is 0.201. The van der Waals surface area contributed by atoms with Crippen LogP contribution in [0.1, 0.15) is 33.8 Å². The Morgan fingerprint density at radius 1 is 0.913 bits per heavy atom. The molecule has 0 spiro atoms. The van der Waals surface area contributed by atoms with E-state index in [-0.39, 0.29) is 5.91 Å². The fourth-order valence-corrected chi connectivity index (χ4v) is 4.87. The van der Waals surface area contributed by atoms with Crippen LogP contribution in [-0.4, -0.2) is 16.8 Å². The van der Waals surface area contributed by atoms with Crippen LogP contribution in [0.5, 0.6) is 0 Å². The van der Waals surface area contributed by atoms with Crippen LogP contribution in [0.15, 0.2) is 66.7 Å². The largest absolute Gasteiger partial charge is 0.330 e. The molecule has 5 rings (SSSR count). The number of nitrogens with zero attached hydrogens (tertiary/aromatic N) is 1. The topological polar surface area (TPSA) is 20.3 Å². The van der Waals surface area contributed by atoms with Gasteiger partial charge in [-0.3, -0.25) is 4.79 Å². The molecule has 2 aromatic rings. The number of hydrogen-bond donors (Lipinski definition) is 0. The molecule has 3 aliphatic rings. The third-order valence-corrected chi connectivity index (χ3v) is 5.78. The molecule has 2 unspecified atom stereocenters. The van der Waals surface area contributed by atoms with E-state index in [4.69, 9.17) is 0 Å². The van der Waals surface area contributed by atoms with Gasteiger partial charge in [0.1, 0.15) is 0 Å². The van der Waals surface area contributed by atoms with Crippen molar-refractivity contribution in [1.82, 2.24) is 4.90 Å². The third kappa shape index (κ3) is 1.84. The summed E-state index contributed by atoms with van der Waals surface area (Å²) in [6, 6.07) is 18.9. The van der Waals surface area contributed by atoms with Gasteiger partial charge in [-0.05, 0) is 35.4 Å². The Hall–Kier alpha value is -2.35. The Kier molecular flexibility index (Phi) is 2.75.